The van der Waals surface area contributed by atoms with Gasteiger partial charge in [-0.3, -0.25) is 4.79 Å². The number of ether oxygens (including phenoxy) is 2. The van der Waals surface area contributed by atoms with Crippen molar-refractivity contribution in [3.05, 3.63) is 52.2 Å². The number of hydrogen-bond donors (Lipinski definition) is 2. The summed E-state index contributed by atoms with van der Waals surface area (Å²) in [7, 11) is 0. The lowest BCUT2D eigenvalue weighted by molar-refractivity contribution is -0.123. The van der Waals surface area contributed by atoms with Gasteiger partial charge in [-0.15, -0.1) is 0 Å². The molecule has 1 unspecified atom stereocenters. The highest BCUT2D eigenvalue weighted by atomic mass is 79.9. The van der Waals surface area contributed by atoms with Crippen LogP contribution in [-0.2, 0) is 20.2 Å². The molecule has 1 saturated carbocycles. The Bertz CT molecular complexity index is 1170. The van der Waals surface area contributed by atoms with Crippen molar-refractivity contribution >= 4 is 27.7 Å². The monoisotopic (exact) mass is 592 g/mol. The van der Waals surface area contributed by atoms with Crippen LogP contribution in [-0.4, -0.2) is 41.1 Å². The summed E-state index contributed by atoms with van der Waals surface area (Å²) in [6, 6.07) is 2.88. The smallest absolute Gasteiger partial charge is 0.273 e. The normalized spacial score (nSPS) is 19.1. The second kappa shape index (κ2) is 10.4. The molecule has 13 heteroatoms. The summed E-state index contributed by atoms with van der Waals surface area (Å²) >= 11 is 3.27. The predicted molar refractivity (Wildman–Crippen MR) is 127 cm³/mol. The molecule has 2 atom stereocenters. The van der Waals surface area contributed by atoms with E-state index in [1.807, 2.05) is 0 Å². The Labute approximate surface area is 218 Å². The molecule has 202 valence electrons. The molecule has 2 N–H and O–H groups in total. The molecule has 1 aromatic heterocycles. The summed E-state index contributed by atoms with van der Waals surface area (Å²) in [5.74, 6) is -4.83. The maximum absolute atomic E-state index is 15.0. The number of alkyl halides is 5. The van der Waals surface area contributed by atoms with Gasteiger partial charge < -0.3 is 20.1 Å². The molecule has 4 rings (SSSR count). The highest BCUT2D eigenvalue weighted by Gasteiger charge is 2.53. The van der Waals surface area contributed by atoms with Gasteiger partial charge in [0.15, 0.2) is 6.29 Å². The van der Waals surface area contributed by atoms with E-state index in [-0.39, 0.29) is 54.5 Å². The molecule has 2 fully saturated rings. The zero-order valence-corrected chi connectivity index (χ0v) is 21.8. The van der Waals surface area contributed by atoms with Crippen LogP contribution in [0.25, 0.3) is 0 Å². The van der Waals surface area contributed by atoms with Crippen molar-refractivity contribution in [3.8, 4) is 0 Å². The molecule has 2 aliphatic rings. The van der Waals surface area contributed by atoms with E-state index >= 15 is 4.39 Å². The van der Waals surface area contributed by atoms with Crippen molar-refractivity contribution in [1.29, 1.82) is 0 Å². The molecule has 37 heavy (non-hydrogen) atoms. The van der Waals surface area contributed by atoms with Gasteiger partial charge in [-0.2, -0.15) is 0 Å². The summed E-state index contributed by atoms with van der Waals surface area (Å²) < 4.78 is 80.9. The number of carbonyl (C=O) groups excluding carboxylic acids is 1. The number of aryl methyl sites for hydroxylation is 1. The maximum atomic E-state index is 15.0. The van der Waals surface area contributed by atoms with Crippen molar-refractivity contribution in [3.63, 3.8) is 0 Å². The fraction of sp³-hybridized carbons (Fsp3) is 0.542. The Kier molecular flexibility index (Phi) is 7.78. The zero-order chi connectivity index (χ0) is 27.1. The number of carbonyl (C=O) groups is 1. The number of hydrogen-bond acceptors (Lipinski definition) is 6. The minimum absolute atomic E-state index is 0.0307. The average molecular weight is 593 g/mol. The minimum Gasteiger partial charge on any atom is -0.363 e. The number of benzene rings is 1. The minimum atomic E-state index is -3.39. The van der Waals surface area contributed by atoms with Gasteiger partial charge in [0.25, 0.3) is 12.3 Å². The molecule has 1 aliphatic carbocycles. The van der Waals surface area contributed by atoms with E-state index in [2.05, 4.69) is 36.5 Å². The molecule has 0 bridgehead atoms. The lowest BCUT2D eigenvalue weighted by Gasteiger charge is -2.25. The van der Waals surface area contributed by atoms with Gasteiger partial charge in [0, 0.05) is 12.5 Å². The molecular formula is C24H26BrF5N4O3. The lowest BCUT2D eigenvalue weighted by atomic mass is 10.0. The van der Waals surface area contributed by atoms with Crippen LogP contribution in [0, 0.1) is 12.7 Å². The van der Waals surface area contributed by atoms with Crippen molar-refractivity contribution in [1.82, 2.24) is 15.3 Å². The molecule has 1 aliphatic heterocycles. The van der Waals surface area contributed by atoms with Crippen molar-refractivity contribution in [2.24, 2.45) is 0 Å². The molecule has 2 heterocycles. The van der Waals surface area contributed by atoms with Gasteiger partial charge in [-0.05, 0) is 26.7 Å². The van der Waals surface area contributed by atoms with Crippen LogP contribution < -0.4 is 10.6 Å². The van der Waals surface area contributed by atoms with E-state index in [4.69, 9.17) is 9.47 Å². The molecule has 2 aromatic rings. The first-order valence-corrected chi connectivity index (χ1v) is 12.5. The Hall–Kier alpha value is -2.38. The van der Waals surface area contributed by atoms with E-state index in [0.717, 1.165) is 6.07 Å². The number of amides is 1. The highest BCUT2D eigenvalue weighted by Crippen LogP contribution is 2.43. The van der Waals surface area contributed by atoms with Crippen LogP contribution in [0.1, 0.15) is 72.1 Å². The fourth-order valence-corrected chi connectivity index (χ4v) is 4.60. The summed E-state index contributed by atoms with van der Waals surface area (Å²) in [5, 5.41) is 5.41. The Morgan fingerprint density at radius 3 is 2.43 bits per heavy atom. The largest absolute Gasteiger partial charge is 0.363 e. The number of rotatable bonds is 9. The summed E-state index contributed by atoms with van der Waals surface area (Å²) in [5.41, 5.74) is -2.01. The van der Waals surface area contributed by atoms with Gasteiger partial charge in [0.1, 0.15) is 27.8 Å². The predicted octanol–water partition coefficient (Wildman–Crippen LogP) is 5.60. The van der Waals surface area contributed by atoms with Crippen LogP contribution in [0.15, 0.2) is 18.2 Å². The maximum Gasteiger partial charge on any atom is 0.273 e. The fourth-order valence-electron chi connectivity index (χ4n) is 4.14. The zero-order valence-electron chi connectivity index (χ0n) is 20.3. The van der Waals surface area contributed by atoms with Crippen LogP contribution in [0.3, 0.4) is 0 Å². The first-order valence-electron chi connectivity index (χ1n) is 11.6. The molecule has 7 nitrogen and oxygen atoms in total. The second-order valence-corrected chi connectivity index (χ2v) is 10.2. The number of aromatic nitrogens is 2. The number of anilines is 1. The van der Waals surface area contributed by atoms with E-state index < -0.39 is 52.3 Å². The number of nitrogens with zero attached hydrogens (tertiary/aromatic N) is 2. The third-order valence-electron chi connectivity index (χ3n) is 6.31. The average Bonchev–Trinajstić information content (AvgIpc) is 3.40. The quantitative estimate of drug-likeness (QED) is 0.291. The third-order valence-corrected chi connectivity index (χ3v) is 7.16. The lowest BCUT2D eigenvalue weighted by Crippen LogP contribution is -2.43. The van der Waals surface area contributed by atoms with Gasteiger partial charge >= 0.3 is 0 Å². The Morgan fingerprint density at radius 1 is 1.22 bits per heavy atom. The summed E-state index contributed by atoms with van der Waals surface area (Å²) in [4.78, 5) is 20.5. The molecular weight excluding hydrogens is 567 g/mol. The molecule has 1 amide bonds. The molecule has 1 saturated heterocycles. The molecule has 0 radical (unpaired) electrons. The van der Waals surface area contributed by atoms with Crippen molar-refractivity contribution in [2.75, 3.05) is 18.5 Å². The third kappa shape index (κ3) is 5.73. The van der Waals surface area contributed by atoms with E-state index in [0.29, 0.717) is 6.92 Å². The van der Waals surface area contributed by atoms with Crippen LogP contribution in [0.4, 0.5) is 27.8 Å². The van der Waals surface area contributed by atoms with Crippen LogP contribution in [0.5, 0.6) is 0 Å². The van der Waals surface area contributed by atoms with Crippen LogP contribution in [0.2, 0.25) is 0 Å². The van der Waals surface area contributed by atoms with Crippen LogP contribution >= 0.6 is 15.9 Å². The second-order valence-electron chi connectivity index (χ2n) is 9.26. The highest BCUT2D eigenvalue weighted by molar-refractivity contribution is 9.09. The molecule has 1 aromatic carbocycles. The van der Waals surface area contributed by atoms with E-state index in [9.17, 15) is 22.4 Å². The first kappa shape index (κ1) is 27.6. The first-order chi connectivity index (χ1) is 17.3. The van der Waals surface area contributed by atoms with Crippen molar-refractivity contribution in [2.45, 2.75) is 68.7 Å². The van der Waals surface area contributed by atoms with Gasteiger partial charge in [0.2, 0.25) is 5.91 Å². The van der Waals surface area contributed by atoms with Gasteiger partial charge in [-0.1, -0.05) is 34.1 Å². The Balaban J connectivity index is 1.70. The molecule has 0 spiro atoms. The Morgan fingerprint density at radius 2 is 1.86 bits per heavy atom. The SMILES string of the molecule is Cc1nc(N[C@H](C)c2cccc(C(C)(F)F)c2F)c(C2OCCO2)c(C(Br)C(=O)NC2(C(F)F)CC2)n1. The number of nitrogens with one attached hydrogen (secondary N) is 2. The standard InChI is InChI=1S/C24H26BrF5N4O3/c1-11(13-5-4-6-14(17(13)26)23(3,29)30)31-19-15(21-36-9-10-37-21)18(32-12(2)33-19)16(25)20(35)34-24(7-8-24)22(27)28/h4-6,11,16,21-22H,7-10H2,1-3H3,(H,34,35)(H,31,32,33)/t11-,16?/m1/s1. The summed E-state index contributed by atoms with van der Waals surface area (Å²) in [6.07, 6.45) is -3.40. The van der Waals surface area contributed by atoms with Gasteiger partial charge in [0.05, 0.1) is 36.1 Å². The summed E-state index contributed by atoms with van der Waals surface area (Å²) in [6.45, 7) is 4.20. The van der Waals surface area contributed by atoms with E-state index in [1.54, 1.807) is 13.8 Å². The topological polar surface area (TPSA) is 85.4 Å². The number of halogens is 6. The van der Waals surface area contributed by atoms with E-state index in [1.165, 1.54) is 12.1 Å². The van der Waals surface area contributed by atoms with Gasteiger partial charge in [-0.25, -0.2) is 31.9 Å². The van der Waals surface area contributed by atoms with Crippen molar-refractivity contribution < 1.29 is 36.2 Å².